The van der Waals surface area contributed by atoms with Gasteiger partial charge in [-0.15, -0.1) is 0 Å². The van der Waals surface area contributed by atoms with E-state index in [4.69, 9.17) is 9.47 Å². The van der Waals surface area contributed by atoms with Gasteiger partial charge in [-0.2, -0.15) is 0 Å². The summed E-state index contributed by atoms with van der Waals surface area (Å²) in [5.74, 6) is 0.155. The Morgan fingerprint density at radius 3 is 2.07 bits per heavy atom. The fourth-order valence-electron chi connectivity index (χ4n) is 2.71. The van der Waals surface area contributed by atoms with Crippen LogP contribution in [-0.2, 0) is 16.1 Å². The van der Waals surface area contributed by atoms with E-state index in [9.17, 15) is 9.59 Å². The lowest BCUT2D eigenvalue weighted by Crippen LogP contribution is -2.14. The van der Waals surface area contributed by atoms with Crippen molar-refractivity contribution in [2.45, 2.75) is 20.0 Å². The van der Waals surface area contributed by atoms with Gasteiger partial charge in [0.15, 0.2) is 12.4 Å². The lowest BCUT2D eigenvalue weighted by molar-refractivity contribution is -0.147. The van der Waals surface area contributed by atoms with Gasteiger partial charge < -0.3 is 9.47 Å². The maximum absolute atomic E-state index is 11.9. The second-order valence-corrected chi connectivity index (χ2v) is 6.31. The molecule has 0 unspecified atom stereocenters. The Labute approximate surface area is 164 Å². The minimum atomic E-state index is -0.444. The van der Waals surface area contributed by atoms with Crippen LogP contribution in [-0.4, -0.2) is 18.4 Å². The van der Waals surface area contributed by atoms with Crippen molar-refractivity contribution < 1.29 is 19.1 Å². The zero-order valence-corrected chi connectivity index (χ0v) is 15.8. The van der Waals surface area contributed by atoms with Crippen molar-refractivity contribution in [1.82, 2.24) is 0 Å². The van der Waals surface area contributed by atoms with Gasteiger partial charge in [0.05, 0.1) is 0 Å². The third-order valence-corrected chi connectivity index (χ3v) is 4.31. The topological polar surface area (TPSA) is 52.6 Å². The highest BCUT2D eigenvalue weighted by Gasteiger charge is 2.07. The number of rotatable bonds is 8. The Hall–Kier alpha value is -3.40. The van der Waals surface area contributed by atoms with E-state index in [1.165, 1.54) is 0 Å². The van der Waals surface area contributed by atoms with Crippen molar-refractivity contribution in [1.29, 1.82) is 0 Å². The van der Waals surface area contributed by atoms with Crippen LogP contribution in [0.15, 0.2) is 78.9 Å². The van der Waals surface area contributed by atoms with Crippen LogP contribution in [0.4, 0.5) is 0 Å². The van der Waals surface area contributed by atoms with Gasteiger partial charge in [-0.1, -0.05) is 61.5 Å². The average molecular weight is 374 g/mol. The minimum absolute atomic E-state index is 0.0734. The van der Waals surface area contributed by atoms with Crippen LogP contribution >= 0.6 is 0 Å². The number of esters is 1. The average Bonchev–Trinajstić information content (AvgIpc) is 2.77. The van der Waals surface area contributed by atoms with E-state index in [-0.39, 0.29) is 19.0 Å². The highest BCUT2D eigenvalue weighted by atomic mass is 16.6. The largest absolute Gasteiger partial charge is 0.482 e. The zero-order valence-electron chi connectivity index (χ0n) is 15.8. The fourth-order valence-corrected chi connectivity index (χ4v) is 2.71. The maximum atomic E-state index is 11.9. The summed E-state index contributed by atoms with van der Waals surface area (Å²) in [7, 11) is 0. The van der Waals surface area contributed by atoms with Gasteiger partial charge in [-0.25, -0.2) is 4.79 Å². The number of hydrogen-bond acceptors (Lipinski definition) is 4. The Morgan fingerprint density at radius 2 is 1.43 bits per heavy atom. The molecule has 3 aromatic rings. The summed E-state index contributed by atoms with van der Waals surface area (Å²) in [4.78, 5) is 23.5. The third kappa shape index (κ3) is 5.30. The molecule has 0 aliphatic carbocycles. The van der Waals surface area contributed by atoms with Crippen LogP contribution in [0, 0.1) is 0 Å². The van der Waals surface area contributed by atoms with Crippen LogP contribution in [0.2, 0.25) is 0 Å². The quantitative estimate of drug-likeness (QED) is 0.408. The summed E-state index contributed by atoms with van der Waals surface area (Å²) in [5, 5.41) is 0. The molecule has 0 aromatic heterocycles. The minimum Gasteiger partial charge on any atom is -0.482 e. The van der Waals surface area contributed by atoms with Gasteiger partial charge in [0, 0.05) is 12.0 Å². The number of ether oxygens (including phenoxy) is 2. The Balaban J connectivity index is 1.46. The van der Waals surface area contributed by atoms with Crippen molar-refractivity contribution in [3.63, 3.8) is 0 Å². The molecule has 0 spiro atoms. The Kier molecular flexibility index (Phi) is 6.58. The molecule has 3 rings (SSSR count). The molecule has 4 heteroatoms. The second-order valence-electron chi connectivity index (χ2n) is 6.31. The first-order valence-electron chi connectivity index (χ1n) is 9.22. The normalized spacial score (nSPS) is 10.3. The van der Waals surface area contributed by atoms with Crippen LogP contribution < -0.4 is 4.74 Å². The van der Waals surface area contributed by atoms with Crippen molar-refractivity contribution in [2.24, 2.45) is 0 Å². The molecule has 0 radical (unpaired) electrons. The number of carbonyl (C=O) groups is 2. The van der Waals surface area contributed by atoms with Crippen molar-refractivity contribution in [3.05, 3.63) is 90.0 Å². The first kappa shape index (κ1) is 19.4. The second kappa shape index (κ2) is 9.51. The van der Waals surface area contributed by atoms with E-state index >= 15 is 0 Å². The van der Waals surface area contributed by atoms with Gasteiger partial charge in [0.25, 0.3) is 0 Å². The number of hydrogen-bond donors (Lipinski definition) is 0. The lowest BCUT2D eigenvalue weighted by atomic mass is 10.0. The van der Waals surface area contributed by atoms with Crippen LogP contribution in [0.3, 0.4) is 0 Å². The van der Waals surface area contributed by atoms with Crippen molar-refractivity contribution >= 4 is 11.8 Å². The standard InChI is InChI=1S/C24H22O4/c1-2-23(25)21-12-14-22(15-13-21)27-17-24(26)28-16-18-8-10-20(11-9-18)19-6-4-3-5-7-19/h3-15H,2,16-17H2,1H3. The fraction of sp³-hybridized carbons (Fsp3) is 0.167. The van der Waals surface area contributed by atoms with Gasteiger partial charge in [0.2, 0.25) is 0 Å². The summed E-state index contributed by atoms with van der Waals surface area (Å²) in [6.45, 7) is 1.84. The van der Waals surface area contributed by atoms with E-state index in [1.54, 1.807) is 24.3 Å². The van der Waals surface area contributed by atoms with Crippen LogP contribution in [0.5, 0.6) is 5.75 Å². The van der Waals surface area contributed by atoms with Gasteiger partial charge in [0.1, 0.15) is 12.4 Å². The predicted octanol–water partition coefficient (Wildman–Crippen LogP) is 5.07. The highest BCUT2D eigenvalue weighted by Crippen LogP contribution is 2.19. The van der Waals surface area contributed by atoms with E-state index in [0.29, 0.717) is 17.7 Å². The highest BCUT2D eigenvalue weighted by molar-refractivity contribution is 5.95. The molecule has 0 heterocycles. The van der Waals surface area contributed by atoms with Crippen molar-refractivity contribution in [2.75, 3.05) is 6.61 Å². The predicted molar refractivity (Wildman–Crippen MR) is 108 cm³/mol. The summed E-state index contributed by atoms with van der Waals surface area (Å²) in [6.07, 6.45) is 0.457. The molecule has 3 aromatic carbocycles. The summed E-state index contributed by atoms with van der Waals surface area (Å²) >= 11 is 0. The molecule has 0 N–H and O–H groups in total. The molecule has 0 fully saturated rings. The molecule has 0 amide bonds. The van der Waals surface area contributed by atoms with E-state index in [1.807, 2.05) is 49.4 Å². The summed E-state index contributed by atoms with van der Waals surface area (Å²) in [5.41, 5.74) is 3.81. The monoisotopic (exact) mass is 374 g/mol. The number of benzene rings is 3. The molecule has 4 nitrogen and oxygen atoms in total. The molecule has 28 heavy (non-hydrogen) atoms. The van der Waals surface area contributed by atoms with Crippen molar-refractivity contribution in [3.8, 4) is 16.9 Å². The number of Topliss-reactive ketones (excluding diaryl/α,β-unsaturated/α-hetero) is 1. The molecule has 142 valence electrons. The smallest absolute Gasteiger partial charge is 0.344 e. The maximum Gasteiger partial charge on any atom is 0.344 e. The van der Waals surface area contributed by atoms with Gasteiger partial charge >= 0.3 is 5.97 Å². The Morgan fingerprint density at radius 1 is 0.786 bits per heavy atom. The summed E-state index contributed by atoms with van der Waals surface area (Å²) < 4.78 is 10.7. The first-order valence-corrected chi connectivity index (χ1v) is 9.22. The SMILES string of the molecule is CCC(=O)c1ccc(OCC(=O)OCc2ccc(-c3ccccc3)cc2)cc1. The molecule has 0 aliphatic heterocycles. The van der Waals surface area contributed by atoms with Gasteiger partial charge in [-0.05, 0) is 41.0 Å². The third-order valence-electron chi connectivity index (χ3n) is 4.31. The number of ketones is 1. The molecule has 0 aliphatic rings. The zero-order chi connectivity index (χ0) is 19.8. The Bertz CT molecular complexity index is 913. The van der Waals surface area contributed by atoms with E-state index in [2.05, 4.69) is 12.1 Å². The molecule has 0 atom stereocenters. The summed E-state index contributed by atoms with van der Waals surface area (Å²) in [6, 6.07) is 24.7. The molecule has 0 bridgehead atoms. The van der Waals surface area contributed by atoms with Crippen LogP contribution in [0.25, 0.3) is 11.1 Å². The van der Waals surface area contributed by atoms with E-state index < -0.39 is 5.97 Å². The number of carbonyl (C=O) groups excluding carboxylic acids is 2. The van der Waals surface area contributed by atoms with Crippen LogP contribution in [0.1, 0.15) is 29.3 Å². The van der Waals surface area contributed by atoms with Gasteiger partial charge in [-0.3, -0.25) is 4.79 Å². The lowest BCUT2D eigenvalue weighted by Gasteiger charge is -2.08. The molecule has 0 saturated carbocycles. The molecule has 0 saturated heterocycles. The first-order chi connectivity index (χ1) is 13.7. The van der Waals surface area contributed by atoms with E-state index in [0.717, 1.165) is 16.7 Å². The molecular weight excluding hydrogens is 352 g/mol. The molecular formula is C24H22O4.